The average Bonchev–Trinajstić information content (AvgIpc) is 2.64. The smallest absolute Gasteiger partial charge is 0.224 e. The van der Waals surface area contributed by atoms with Crippen LogP contribution in [0.5, 0.6) is 0 Å². The molecule has 0 bridgehead atoms. The van der Waals surface area contributed by atoms with Gasteiger partial charge in [0.2, 0.25) is 5.91 Å². The van der Waals surface area contributed by atoms with Crippen LogP contribution in [0.4, 0.5) is 5.69 Å². The Morgan fingerprint density at radius 1 is 1.27 bits per heavy atom. The van der Waals surface area contributed by atoms with Gasteiger partial charge in [0.25, 0.3) is 0 Å². The summed E-state index contributed by atoms with van der Waals surface area (Å²) < 4.78 is 0. The molecule has 0 aromatic heterocycles. The van der Waals surface area contributed by atoms with Crippen molar-refractivity contribution >= 4 is 11.6 Å². The normalized spacial score (nSPS) is 15.9. The van der Waals surface area contributed by atoms with Gasteiger partial charge in [-0.2, -0.15) is 0 Å². The minimum absolute atomic E-state index is 0.00966. The number of aliphatic hydroxyl groups excluding tert-OH is 1. The van der Waals surface area contributed by atoms with Gasteiger partial charge < -0.3 is 15.7 Å². The van der Waals surface area contributed by atoms with Crippen molar-refractivity contribution in [3.8, 4) is 0 Å². The molecule has 2 aromatic carbocycles. The number of anilines is 1. The van der Waals surface area contributed by atoms with Gasteiger partial charge in [0, 0.05) is 18.8 Å². The van der Waals surface area contributed by atoms with Crippen molar-refractivity contribution in [3.05, 3.63) is 64.2 Å². The summed E-state index contributed by atoms with van der Waals surface area (Å²) in [6.07, 6.45) is 3.06. The first kappa shape index (κ1) is 18.5. The Morgan fingerprint density at radius 3 is 2.92 bits per heavy atom. The second kappa shape index (κ2) is 8.37. The van der Waals surface area contributed by atoms with Gasteiger partial charge in [0.1, 0.15) is 0 Å². The summed E-state index contributed by atoms with van der Waals surface area (Å²) in [5.74, 6) is 0.00966. The van der Waals surface area contributed by atoms with Crippen molar-refractivity contribution in [2.45, 2.75) is 45.6 Å². The number of carbonyl (C=O) groups excluding carboxylic acids is 1. The molecular weight excluding hydrogens is 324 g/mol. The fourth-order valence-corrected chi connectivity index (χ4v) is 3.60. The molecule has 26 heavy (non-hydrogen) atoms. The largest absolute Gasteiger partial charge is 0.396 e. The van der Waals surface area contributed by atoms with Crippen LogP contribution in [0.2, 0.25) is 0 Å². The number of hydrogen-bond donors (Lipinski definition) is 3. The van der Waals surface area contributed by atoms with Gasteiger partial charge in [-0.1, -0.05) is 30.3 Å². The van der Waals surface area contributed by atoms with Crippen molar-refractivity contribution in [2.75, 3.05) is 18.5 Å². The highest BCUT2D eigenvalue weighted by Gasteiger charge is 2.21. The van der Waals surface area contributed by atoms with E-state index in [9.17, 15) is 4.79 Å². The molecule has 0 unspecified atom stereocenters. The number of aryl methyl sites for hydroxylation is 2. The monoisotopic (exact) mass is 352 g/mol. The van der Waals surface area contributed by atoms with Crippen LogP contribution in [0.1, 0.15) is 46.7 Å². The Hall–Kier alpha value is -2.33. The summed E-state index contributed by atoms with van der Waals surface area (Å²) in [7, 11) is 0. The van der Waals surface area contributed by atoms with Crippen LogP contribution in [-0.4, -0.2) is 24.2 Å². The lowest BCUT2D eigenvalue weighted by Crippen LogP contribution is -2.26. The molecule has 2 aromatic rings. The van der Waals surface area contributed by atoms with E-state index in [-0.39, 0.29) is 12.5 Å². The van der Waals surface area contributed by atoms with E-state index in [1.165, 1.54) is 27.9 Å². The maximum atomic E-state index is 12.0. The maximum absolute atomic E-state index is 12.0. The third-order valence-electron chi connectivity index (χ3n) is 5.25. The van der Waals surface area contributed by atoms with Crippen LogP contribution in [0.15, 0.2) is 36.4 Å². The summed E-state index contributed by atoms with van der Waals surface area (Å²) >= 11 is 0. The highest BCUT2D eigenvalue weighted by atomic mass is 16.3. The molecule has 4 heteroatoms. The molecule has 1 heterocycles. The number of hydrogen-bond acceptors (Lipinski definition) is 3. The molecule has 3 rings (SSSR count). The number of carbonyl (C=O) groups is 1. The highest BCUT2D eigenvalue weighted by Crippen LogP contribution is 2.34. The number of benzene rings is 2. The second-order valence-electron chi connectivity index (χ2n) is 7.12. The van der Waals surface area contributed by atoms with E-state index < -0.39 is 0 Å². The summed E-state index contributed by atoms with van der Waals surface area (Å²) in [6, 6.07) is 13.1. The predicted molar refractivity (Wildman–Crippen MR) is 105 cm³/mol. The van der Waals surface area contributed by atoms with E-state index in [2.05, 4.69) is 54.8 Å². The van der Waals surface area contributed by atoms with E-state index in [1.807, 2.05) is 6.07 Å². The molecular formula is C22H28N2O2. The van der Waals surface area contributed by atoms with Crippen molar-refractivity contribution in [2.24, 2.45) is 0 Å². The standard InChI is InChI=1S/C22H28N2O2/c1-15-5-3-6-19(16(15)2)21-10-8-18-13-17(7-9-20(18)24-21)14-22(26)23-11-4-12-25/h3,5-7,9,13,21,24-25H,4,8,10-12,14H2,1-2H3,(H,23,26)/t21-/m0/s1. The van der Waals surface area contributed by atoms with Crippen LogP contribution >= 0.6 is 0 Å². The van der Waals surface area contributed by atoms with Crippen LogP contribution in [-0.2, 0) is 17.6 Å². The Bertz CT molecular complexity index is 786. The number of amides is 1. The van der Waals surface area contributed by atoms with Gasteiger partial charge in [0.05, 0.1) is 12.5 Å². The third-order valence-corrected chi connectivity index (χ3v) is 5.25. The first-order valence-corrected chi connectivity index (χ1v) is 9.40. The van der Waals surface area contributed by atoms with E-state index >= 15 is 0 Å². The molecule has 1 aliphatic heterocycles. The summed E-state index contributed by atoms with van der Waals surface area (Å²) in [5.41, 5.74) is 7.57. The lowest BCUT2D eigenvalue weighted by Gasteiger charge is -2.29. The topological polar surface area (TPSA) is 61.4 Å². The molecule has 0 fully saturated rings. The first-order valence-electron chi connectivity index (χ1n) is 9.40. The van der Waals surface area contributed by atoms with E-state index in [1.54, 1.807) is 0 Å². The van der Waals surface area contributed by atoms with Crippen LogP contribution in [0, 0.1) is 13.8 Å². The molecule has 0 aliphatic carbocycles. The zero-order valence-corrected chi connectivity index (χ0v) is 15.6. The Kier molecular flexibility index (Phi) is 5.94. The Labute approximate surface area is 155 Å². The number of aliphatic hydroxyl groups is 1. The second-order valence-corrected chi connectivity index (χ2v) is 7.12. The molecule has 0 saturated carbocycles. The molecule has 0 saturated heterocycles. The van der Waals surface area contributed by atoms with Crippen molar-refractivity contribution in [1.82, 2.24) is 5.32 Å². The minimum Gasteiger partial charge on any atom is -0.396 e. The summed E-state index contributed by atoms with van der Waals surface area (Å²) in [5, 5.41) is 15.3. The zero-order valence-electron chi connectivity index (χ0n) is 15.6. The molecule has 3 N–H and O–H groups in total. The molecule has 4 nitrogen and oxygen atoms in total. The predicted octanol–water partition coefficient (Wildman–Crippen LogP) is 3.44. The third kappa shape index (κ3) is 4.25. The van der Waals surface area contributed by atoms with Gasteiger partial charge in [0.15, 0.2) is 0 Å². The van der Waals surface area contributed by atoms with Crippen molar-refractivity contribution < 1.29 is 9.90 Å². The van der Waals surface area contributed by atoms with Gasteiger partial charge >= 0.3 is 0 Å². The van der Waals surface area contributed by atoms with Crippen molar-refractivity contribution in [3.63, 3.8) is 0 Å². The number of nitrogens with one attached hydrogen (secondary N) is 2. The van der Waals surface area contributed by atoms with Gasteiger partial charge in [-0.3, -0.25) is 4.79 Å². The van der Waals surface area contributed by atoms with Gasteiger partial charge in [-0.05, 0) is 67.0 Å². The number of fused-ring (bicyclic) bond motifs is 1. The van der Waals surface area contributed by atoms with E-state index in [0.29, 0.717) is 25.4 Å². The zero-order chi connectivity index (χ0) is 18.5. The highest BCUT2D eigenvalue weighted by molar-refractivity contribution is 5.78. The van der Waals surface area contributed by atoms with Crippen LogP contribution in [0.25, 0.3) is 0 Å². The first-order chi connectivity index (χ1) is 12.6. The van der Waals surface area contributed by atoms with Gasteiger partial charge in [-0.15, -0.1) is 0 Å². The SMILES string of the molecule is Cc1cccc([C@@H]2CCc3cc(CC(=O)NCCCO)ccc3N2)c1C. The number of rotatable bonds is 6. The lowest BCUT2D eigenvalue weighted by atomic mass is 9.89. The minimum atomic E-state index is 0.00966. The quantitative estimate of drug-likeness (QED) is 0.698. The summed E-state index contributed by atoms with van der Waals surface area (Å²) in [4.78, 5) is 12.0. The van der Waals surface area contributed by atoms with Crippen LogP contribution < -0.4 is 10.6 Å². The van der Waals surface area contributed by atoms with E-state index in [0.717, 1.165) is 18.4 Å². The molecule has 1 amide bonds. The van der Waals surface area contributed by atoms with Gasteiger partial charge in [-0.25, -0.2) is 0 Å². The Balaban J connectivity index is 1.67. The van der Waals surface area contributed by atoms with E-state index in [4.69, 9.17) is 5.11 Å². The average molecular weight is 352 g/mol. The lowest BCUT2D eigenvalue weighted by molar-refractivity contribution is -0.120. The fraction of sp³-hybridized carbons (Fsp3) is 0.409. The molecule has 0 spiro atoms. The molecule has 1 aliphatic rings. The molecule has 0 radical (unpaired) electrons. The maximum Gasteiger partial charge on any atom is 0.224 e. The Morgan fingerprint density at radius 2 is 2.12 bits per heavy atom. The molecule has 1 atom stereocenters. The van der Waals surface area contributed by atoms with Crippen molar-refractivity contribution in [1.29, 1.82) is 0 Å². The summed E-state index contributed by atoms with van der Waals surface area (Å²) in [6.45, 7) is 4.99. The fourth-order valence-electron chi connectivity index (χ4n) is 3.60. The molecule has 138 valence electrons. The van der Waals surface area contributed by atoms with Crippen LogP contribution in [0.3, 0.4) is 0 Å².